The van der Waals surface area contributed by atoms with Crippen LogP contribution in [0.5, 0.6) is 0 Å². The minimum Gasteiger partial charge on any atom is -0.465 e. The van der Waals surface area contributed by atoms with Crippen molar-refractivity contribution in [3.05, 3.63) is 35.3 Å². The van der Waals surface area contributed by atoms with Crippen molar-refractivity contribution in [2.45, 2.75) is 0 Å². The van der Waals surface area contributed by atoms with Crippen LogP contribution in [0, 0.1) is 0 Å². The van der Waals surface area contributed by atoms with Gasteiger partial charge in [0.15, 0.2) is 11.5 Å². The van der Waals surface area contributed by atoms with E-state index < -0.39 is 0 Å². The molecule has 0 aliphatic carbocycles. The van der Waals surface area contributed by atoms with Crippen molar-refractivity contribution in [2.24, 2.45) is 7.05 Å². The molecule has 0 amide bonds. The molecule has 3 rings (SSSR count). The van der Waals surface area contributed by atoms with Crippen LogP contribution in [0.1, 0.15) is 10.4 Å². The summed E-state index contributed by atoms with van der Waals surface area (Å²) in [6.07, 6.45) is 1.72. The highest BCUT2D eigenvalue weighted by atomic mass is 32.1. The van der Waals surface area contributed by atoms with Crippen LogP contribution in [0.3, 0.4) is 0 Å². The lowest BCUT2D eigenvalue weighted by atomic mass is 10.3. The zero-order valence-corrected chi connectivity index (χ0v) is 11.3. The van der Waals surface area contributed by atoms with Gasteiger partial charge >= 0.3 is 5.97 Å². The van der Waals surface area contributed by atoms with E-state index in [0.717, 1.165) is 16.2 Å². The number of ether oxygens (including phenoxy) is 1. The van der Waals surface area contributed by atoms with E-state index in [1.165, 1.54) is 18.4 Å². The van der Waals surface area contributed by atoms with Gasteiger partial charge in [-0.25, -0.2) is 14.8 Å². The molecule has 0 spiro atoms. The molecule has 0 N–H and O–H groups in total. The SMILES string of the molecule is COC(=O)c1csc(-c2nc3ncccc3n2C)c1. The van der Waals surface area contributed by atoms with E-state index >= 15 is 0 Å². The highest BCUT2D eigenvalue weighted by Gasteiger charge is 2.15. The normalized spacial score (nSPS) is 10.8. The first-order valence-corrected chi connectivity index (χ1v) is 6.53. The molecule has 0 saturated heterocycles. The lowest BCUT2D eigenvalue weighted by Crippen LogP contribution is -1.98. The average molecular weight is 273 g/mol. The summed E-state index contributed by atoms with van der Waals surface area (Å²) in [5.41, 5.74) is 2.21. The van der Waals surface area contributed by atoms with E-state index in [4.69, 9.17) is 4.74 Å². The molecular weight excluding hydrogens is 262 g/mol. The van der Waals surface area contributed by atoms with Gasteiger partial charge in [-0.1, -0.05) is 0 Å². The van der Waals surface area contributed by atoms with Crippen LogP contribution in [0.25, 0.3) is 21.9 Å². The number of hydrogen-bond acceptors (Lipinski definition) is 5. The predicted octanol–water partition coefficient (Wildman–Crippen LogP) is 2.48. The molecule has 0 radical (unpaired) electrons. The van der Waals surface area contributed by atoms with E-state index in [-0.39, 0.29) is 5.97 Å². The first kappa shape index (κ1) is 11.9. The van der Waals surface area contributed by atoms with Crippen molar-refractivity contribution in [1.29, 1.82) is 0 Å². The summed E-state index contributed by atoms with van der Waals surface area (Å²) in [6, 6.07) is 5.63. The number of methoxy groups -OCH3 is 1. The predicted molar refractivity (Wildman–Crippen MR) is 73.2 cm³/mol. The summed E-state index contributed by atoms with van der Waals surface area (Å²) in [4.78, 5) is 21.1. The number of esters is 1. The van der Waals surface area contributed by atoms with Gasteiger partial charge in [0.25, 0.3) is 0 Å². The summed E-state index contributed by atoms with van der Waals surface area (Å²) in [7, 11) is 3.31. The van der Waals surface area contributed by atoms with Crippen molar-refractivity contribution in [2.75, 3.05) is 7.11 Å². The average Bonchev–Trinajstić information content (AvgIpc) is 3.04. The fraction of sp³-hybridized carbons (Fsp3) is 0.154. The number of pyridine rings is 1. The molecule has 6 heteroatoms. The van der Waals surface area contributed by atoms with E-state index in [1.807, 2.05) is 23.7 Å². The van der Waals surface area contributed by atoms with Crippen LogP contribution in [-0.2, 0) is 11.8 Å². The molecule has 0 atom stereocenters. The van der Waals surface area contributed by atoms with E-state index in [0.29, 0.717) is 11.2 Å². The van der Waals surface area contributed by atoms with Crippen molar-refractivity contribution in [3.63, 3.8) is 0 Å². The standard InChI is InChI=1S/C13H11N3O2S/c1-16-9-4-3-5-14-11(9)15-12(16)10-6-8(7-19-10)13(17)18-2/h3-7H,1-2H3. The summed E-state index contributed by atoms with van der Waals surface area (Å²) < 4.78 is 6.67. The van der Waals surface area contributed by atoms with Gasteiger partial charge in [0.05, 0.1) is 23.1 Å². The van der Waals surface area contributed by atoms with Gasteiger partial charge in [0.1, 0.15) is 0 Å². The van der Waals surface area contributed by atoms with E-state index in [1.54, 1.807) is 17.6 Å². The molecule has 0 fully saturated rings. The molecule has 3 aromatic heterocycles. The Morgan fingerprint density at radius 1 is 1.47 bits per heavy atom. The van der Waals surface area contributed by atoms with Crippen LogP contribution in [-0.4, -0.2) is 27.6 Å². The van der Waals surface area contributed by atoms with Gasteiger partial charge in [-0.3, -0.25) is 0 Å². The Hall–Kier alpha value is -2.21. The molecule has 0 bridgehead atoms. The van der Waals surface area contributed by atoms with Gasteiger partial charge < -0.3 is 9.30 Å². The number of rotatable bonds is 2. The first-order valence-electron chi connectivity index (χ1n) is 5.65. The zero-order chi connectivity index (χ0) is 13.4. The van der Waals surface area contributed by atoms with Crippen LogP contribution in [0.4, 0.5) is 0 Å². The number of hydrogen-bond donors (Lipinski definition) is 0. The van der Waals surface area contributed by atoms with Crippen LogP contribution >= 0.6 is 11.3 Å². The lowest BCUT2D eigenvalue weighted by molar-refractivity contribution is 0.0601. The molecule has 5 nitrogen and oxygen atoms in total. The number of fused-ring (bicyclic) bond motifs is 1. The summed E-state index contributed by atoms with van der Waals surface area (Å²) >= 11 is 1.46. The summed E-state index contributed by atoms with van der Waals surface area (Å²) in [5, 5.41) is 1.77. The topological polar surface area (TPSA) is 57.0 Å². The van der Waals surface area contributed by atoms with Gasteiger partial charge in [-0.2, -0.15) is 0 Å². The Balaban J connectivity index is 2.11. The van der Waals surface area contributed by atoms with Crippen LogP contribution in [0.15, 0.2) is 29.8 Å². The van der Waals surface area contributed by atoms with Gasteiger partial charge in [-0.05, 0) is 18.2 Å². The van der Waals surface area contributed by atoms with E-state index in [9.17, 15) is 4.79 Å². The van der Waals surface area contributed by atoms with Crippen molar-refractivity contribution in [1.82, 2.24) is 14.5 Å². The third-order valence-electron chi connectivity index (χ3n) is 2.90. The van der Waals surface area contributed by atoms with Gasteiger partial charge in [-0.15, -0.1) is 11.3 Å². The Morgan fingerprint density at radius 2 is 2.32 bits per heavy atom. The number of aryl methyl sites for hydroxylation is 1. The van der Waals surface area contributed by atoms with Crippen LogP contribution < -0.4 is 0 Å². The third kappa shape index (κ3) is 1.90. The molecule has 0 aliphatic heterocycles. The summed E-state index contributed by atoms with van der Waals surface area (Å²) in [6.45, 7) is 0. The molecule has 0 aromatic carbocycles. The summed E-state index contributed by atoms with van der Waals surface area (Å²) in [5.74, 6) is 0.466. The van der Waals surface area contributed by atoms with Gasteiger partial charge in [0.2, 0.25) is 0 Å². The second-order valence-corrected chi connectivity index (χ2v) is 4.94. The third-order valence-corrected chi connectivity index (χ3v) is 3.82. The maximum Gasteiger partial charge on any atom is 0.338 e. The monoisotopic (exact) mass is 273 g/mol. The Bertz CT molecular complexity index is 760. The van der Waals surface area contributed by atoms with Crippen LogP contribution in [0.2, 0.25) is 0 Å². The number of imidazole rings is 1. The maximum absolute atomic E-state index is 11.5. The molecule has 19 heavy (non-hydrogen) atoms. The van der Waals surface area contributed by atoms with Crippen molar-refractivity contribution < 1.29 is 9.53 Å². The smallest absolute Gasteiger partial charge is 0.338 e. The van der Waals surface area contributed by atoms with Crippen molar-refractivity contribution >= 4 is 28.5 Å². The molecular formula is C13H11N3O2S. The Morgan fingerprint density at radius 3 is 3.05 bits per heavy atom. The fourth-order valence-electron chi connectivity index (χ4n) is 1.92. The highest BCUT2D eigenvalue weighted by Crippen LogP contribution is 2.28. The number of carbonyl (C=O) groups is 1. The maximum atomic E-state index is 11.5. The molecule has 0 unspecified atom stereocenters. The first-order chi connectivity index (χ1) is 9.20. The zero-order valence-electron chi connectivity index (χ0n) is 10.5. The number of aromatic nitrogens is 3. The number of thiophene rings is 1. The Labute approximate surface area is 113 Å². The molecule has 96 valence electrons. The second kappa shape index (κ2) is 4.47. The lowest BCUT2D eigenvalue weighted by Gasteiger charge is -1.98. The number of carbonyl (C=O) groups excluding carboxylic acids is 1. The second-order valence-electron chi connectivity index (χ2n) is 4.03. The highest BCUT2D eigenvalue weighted by molar-refractivity contribution is 7.13. The van der Waals surface area contributed by atoms with Gasteiger partial charge in [0, 0.05) is 18.6 Å². The number of nitrogens with zero attached hydrogens (tertiary/aromatic N) is 3. The fourth-order valence-corrected chi connectivity index (χ4v) is 2.83. The minimum atomic E-state index is -0.334. The quantitative estimate of drug-likeness (QED) is 0.673. The minimum absolute atomic E-state index is 0.334. The Kier molecular flexibility index (Phi) is 2.79. The molecule has 0 saturated carbocycles. The van der Waals surface area contributed by atoms with E-state index in [2.05, 4.69) is 9.97 Å². The van der Waals surface area contributed by atoms with Crippen molar-refractivity contribution in [3.8, 4) is 10.7 Å². The molecule has 3 aromatic rings. The molecule has 3 heterocycles. The largest absolute Gasteiger partial charge is 0.465 e. The molecule has 0 aliphatic rings.